The van der Waals surface area contributed by atoms with Crippen LogP contribution in [0.1, 0.15) is 46.5 Å². The zero-order valence-corrected chi connectivity index (χ0v) is 10.9. The molecule has 0 fully saturated rings. The maximum absolute atomic E-state index is 11.5. The van der Waals surface area contributed by atoms with E-state index >= 15 is 0 Å². The normalized spacial score (nSPS) is 13.6. The molecule has 1 unspecified atom stereocenters. The minimum Gasteiger partial charge on any atom is -0.388 e. The maximum atomic E-state index is 11.5. The molecule has 0 aliphatic carbocycles. The third-order valence-electron chi connectivity index (χ3n) is 3.11. The van der Waals surface area contributed by atoms with E-state index in [1.807, 2.05) is 20.8 Å². The Labute approximate surface area is 98.4 Å². The monoisotopic (exact) mass is 231 g/mol. The van der Waals surface area contributed by atoms with Crippen LogP contribution in [0.2, 0.25) is 0 Å². The van der Waals surface area contributed by atoms with Crippen LogP contribution in [0, 0.1) is 0 Å². The number of nitrogens with one attached hydrogen (secondary N) is 1. The van der Waals surface area contributed by atoms with E-state index in [1.165, 1.54) is 0 Å². The van der Waals surface area contributed by atoms with Crippen LogP contribution in [0.3, 0.4) is 0 Å². The van der Waals surface area contributed by atoms with E-state index in [0.717, 1.165) is 0 Å². The highest BCUT2D eigenvalue weighted by atomic mass is 16.5. The van der Waals surface area contributed by atoms with Gasteiger partial charge in [-0.1, -0.05) is 13.8 Å². The van der Waals surface area contributed by atoms with Crippen molar-refractivity contribution in [2.45, 2.75) is 58.2 Å². The van der Waals surface area contributed by atoms with Crippen LogP contribution in [-0.2, 0) is 9.53 Å². The Bertz CT molecular complexity index is 202. The van der Waals surface area contributed by atoms with Gasteiger partial charge in [0.15, 0.2) is 0 Å². The Morgan fingerprint density at radius 2 is 2.00 bits per heavy atom. The maximum Gasteiger partial charge on any atom is 0.220 e. The molecule has 0 saturated carbocycles. The molecule has 0 heterocycles. The fourth-order valence-corrected chi connectivity index (χ4v) is 1.30. The van der Waals surface area contributed by atoms with E-state index in [9.17, 15) is 9.90 Å². The molecule has 96 valence electrons. The molecular weight excluding hydrogens is 206 g/mol. The molecule has 0 bridgehead atoms. The van der Waals surface area contributed by atoms with Crippen molar-refractivity contribution in [3.05, 3.63) is 0 Å². The molecule has 0 aromatic rings. The van der Waals surface area contributed by atoms with Crippen LogP contribution >= 0.6 is 0 Å². The molecule has 0 aliphatic heterocycles. The van der Waals surface area contributed by atoms with Gasteiger partial charge in [0.2, 0.25) is 5.91 Å². The second-order valence-corrected chi connectivity index (χ2v) is 4.29. The molecule has 0 rings (SSSR count). The summed E-state index contributed by atoms with van der Waals surface area (Å²) in [4.78, 5) is 11.5. The summed E-state index contributed by atoms with van der Waals surface area (Å²) in [5, 5.41) is 12.7. The Hall–Kier alpha value is -0.610. The molecule has 1 amide bonds. The van der Waals surface area contributed by atoms with Crippen molar-refractivity contribution in [3.63, 3.8) is 0 Å². The first-order chi connectivity index (χ1) is 7.47. The molecule has 1 atom stereocenters. The van der Waals surface area contributed by atoms with Gasteiger partial charge in [-0.3, -0.25) is 4.79 Å². The number of carbonyl (C=O) groups excluding carboxylic acids is 1. The second-order valence-electron chi connectivity index (χ2n) is 4.29. The van der Waals surface area contributed by atoms with Crippen LogP contribution in [0.4, 0.5) is 0 Å². The lowest BCUT2D eigenvalue weighted by atomic mass is 9.97. The smallest absolute Gasteiger partial charge is 0.220 e. The SMILES string of the molecule is CCC(O)(CC)CNC(=O)CCC(C)OC. The van der Waals surface area contributed by atoms with Crippen molar-refractivity contribution >= 4 is 5.91 Å². The van der Waals surface area contributed by atoms with Crippen LogP contribution < -0.4 is 5.32 Å². The van der Waals surface area contributed by atoms with Gasteiger partial charge in [-0.2, -0.15) is 0 Å². The summed E-state index contributed by atoms with van der Waals surface area (Å²) in [6.45, 7) is 6.10. The van der Waals surface area contributed by atoms with Gasteiger partial charge in [0.25, 0.3) is 0 Å². The summed E-state index contributed by atoms with van der Waals surface area (Å²) in [7, 11) is 1.63. The van der Waals surface area contributed by atoms with Crippen LogP contribution in [0.15, 0.2) is 0 Å². The quantitative estimate of drug-likeness (QED) is 0.665. The molecule has 16 heavy (non-hydrogen) atoms. The Morgan fingerprint density at radius 1 is 1.44 bits per heavy atom. The van der Waals surface area contributed by atoms with Crippen molar-refractivity contribution in [3.8, 4) is 0 Å². The highest BCUT2D eigenvalue weighted by Crippen LogP contribution is 2.12. The number of carbonyl (C=O) groups is 1. The van der Waals surface area contributed by atoms with Gasteiger partial charge in [0.1, 0.15) is 0 Å². The molecule has 0 radical (unpaired) electrons. The van der Waals surface area contributed by atoms with Gasteiger partial charge in [-0.05, 0) is 26.2 Å². The highest BCUT2D eigenvalue weighted by molar-refractivity contribution is 5.75. The number of aliphatic hydroxyl groups is 1. The molecule has 2 N–H and O–H groups in total. The number of hydrogen-bond acceptors (Lipinski definition) is 3. The van der Waals surface area contributed by atoms with Crippen LogP contribution in [0.5, 0.6) is 0 Å². The minimum absolute atomic E-state index is 0.0239. The first-order valence-corrected chi connectivity index (χ1v) is 5.99. The summed E-state index contributed by atoms with van der Waals surface area (Å²) >= 11 is 0. The number of rotatable bonds is 8. The van der Waals surface area contributed by atoms with Gasteiger partial charge in [0.05, 0.1) is 11.7 Å². The average Bonchev–Trinajstić information content (AvgIpc) is 2.32. The van der Waals surface area contributed by atoms with Crippen molar-refractivity contribution in [2.75, 3.05) is 13.7 Å². The Morgan fingerprint density at radius 3 is 2.44 bits per heavy atom. The van der Waals surface area contributed by atoms with Gasteiger partial charge < -0.3 is 15.2 Å². The highest BCUT2D eigenvalue weighted by Gasteiger charge is 2.22. The first kappa shape index (κ1) is 15.4. The van der Waals surface area contributed by atoms with E-state index in [-0.39, 0.29) is 12.0 Å². The molecule has 4 nitrogen and oxygen atoms in total. The summed E-state index contributed by atoms with van der Waals surface area (Å²) < 4.78 is 5.06. The predicted octanol–water partition coefficient (Wildman–Crippen LogP) is 1.47. The molecule has 0 aromatic carbocycles. The number of hydrogen-bond donors (Lipinski definition) is 2. The van der Waals surface area contributed by atoms with E-state index in [4.69, 9.17) is 4.74 Å². The fourth-order valence-electron chi connectivity index (χ4n) is 1.30. The van der Waals surface area contributed by atoms with Crippen molar-refractivity contribution in [1.82, 2.24) is 5.32 Å². The van der Waals surface area contributed by atoms with Crippen molar-refractivity contribution in [2.24, 2.45) is 0 Å². The van der Waals surface area contributed by atoms with Gasteiger partial charge in [-0.25, -0.2) is 0 Å². The Kier molecular flexibility index (Phi) is 7.34. The third kappa shape index (κ3) is 6.08. The summed E-state index contributed by atoms with van der Waals surface area (Å²) in [6.07, 6.45) is 2.55. The van der Waals surface area contributed by atoms with E-state index in [1.54, 1.807) is 7.11 Å². The molecule has 0 spiro atoms. The lowest BCUT2D eigenvalue weighted by molar-refractivity contribution is -0.123. The largest absolute Gasteiger partial charge is 0.388 e. The fraction of sp³-hybridized carbons (Fsp3) is 0.917. The summed E-state index contributed by atoms with van der Waals surface area (Å²) in [5.41, 5.74) is -0.761. The summed E-state index contributed by atoms with van der Waals surface area (Å²) in [5.74, 6) is -0.0239. The first-order valence-electron chi connectivity index (χ1n) is 5.99. The zero-order chi connectivity index (χ0) is 12.6. The minimum atomic E-state index is -0.761. The lowest BCUT2D eigenvalue weighted by Crippen LogP contribution is -2.42. The molecule has 0 aliphatic rings. The Balaban J connectivity index is 3.80. The molecular formula is C12H25NO3. The molecule has 0 saturated heterocycles. The van der Waals surface area contributed by atoms with E-state index in [0.29, 0.717) is 32.2 Å². The number of methoxy groups -OCH3 is 1. The second kappa shape index (κ2) is 7.63. The van der Waals surface area contributed by atoms with Gasteiger partial charge in [-0.15, -0.1) is 0 Å². The zero-order valence-electron chi connectivity index (χ0n) is 10.9. The van der Waals surface area contributed by atoms with Crippen molar-refractivity contribution < 1.29 is 14.6 Å². The van der Waals surface area contributed by atoms with Gasteiger partial charge in [0, 0.05) is 20.1 Å². The van der Waals surface area contributed by atoms with E-state index < -0.39 is 5.60 Å². The standard InChI is InChI=1S/C12H25NO3/c1-5-12(15,6-2)9-13-11(14)8-7-10(3)16-4/h10,15H,5-9H2,1-4H3,(H,13,14). The number of amides is 1. The molecule has 4 heteroatoms. The average molecular weight is 231 g/mol. The van der Waals surface area contributed by atoms with Crippen LogP contribution in [-0.4, -0.2) is 36.4 Å². The third-order valence-corrected chi connectivity index (χ3v) is 3.11. The van der Waals surface area contributed by atoms with E-state index in [2.05, 4.69) is 5.32 Å². The topological polar surface area (TPSA) is 58.6 Å². The van der Waals surface area contributed by atoms with Crippen molar-refractivity contribution in [1.29, 1.82) is 0 Å². The number of ether oxygens (including phenoxy) is 1. The molecule has 0 aromatic heterocycles. The lowest BCUT2D eigenvalue weighted by Gasteiger charge is -2.25. The predicted molar refractivity (Wildman–Crippen MR) is 64.2 cm³/mol. The summed E-state index contributed by atoms with van der Waals surface area (Å²) in [6, 6.07) is 0. The van der Waals surface area contributed by atoms with Crippen LogP contribution in [0.25, 0.3) is 0 Å². The van der Waals surface area contributed by atoms with Gasteiger partial charge >= 0.3 is 0 Å².